The molecule has 0 radical (unpaired) electrons. The fourth-order valence-electron chi connectivity index (χ4n) is 1.74. The van der Waals surface area contributed by atoms with Crippen molar-refractivity contribution >= 4 is 15.9 Å². The normalized spacial score (nSPS) is 12.9. The van der Waals surface area contributed by atoms with E-state index in [0.29, 0.717) is 4.67 Å². The minimum Gasteiger partial charge on any atom is -0.453 e. The molecule has 0 aromatic carbocycles. The Labute approximate surface area is 108 Å². The number of furan rings is 1. The second-order valence-corrected chi connectivity index (χ2v) is 4.70. The molecule has 0 aliphatic rings. The highest BCUT2D eigenvalue weighted by atomic mass is 79.9. The van der Waals surface area contributed by atoms with Gasteiger partial charge in [-0.25, -0.2) is 5.43 Å². The van der Waals surface area contributed by atoms with Crippen LogP contribution in [0, 0.1) is 0 Å². The summed E-state index contributed by atoms with van der Waals surface area (Å²) in [6.45, 7) is 0. The summed E-state index contributed by atoms with van der Waals surface area (Å²) in [5, 5.41) is 4.13. The Bertz CT molecular complexity index is 479. The summed E-state index contributed by atoms with van der Waals surface area (Å²) in [7, 11) is 1.91. The quantitative estimate of drug-likeness (QED) is 0.653. The van der Waals surface area contributed by atoms with Crippen molar-refractivity contribution in [2.75, 3.05) is 0 Å². The number of nitrogens with two attached hydrogens (primary N) is 1. The maximum absolute atomic E-state index is 5.54. The van der Waals surface area contributed by atoms with Gasteiger partial charge >= 0.3 is 0 Å². The first-order valence-electron chi connectivity index (χ1n) is 5.38. The first-order valence-corrected chi connectivity index (χ1v) is 6.17. The topological polar surface area (TPSA) is 69.0 Å². The summed E-state index contributed by atoms with van der Waals surface area (Å²) in [5.41, 5.74) is 3.96. The molecule has 0 fully saturated rings. The molecule has 3 N–H and O–H groups in total. The second kappa shape index (κ2) is 5.48. The number of hydrogen-bond acceptors (Lipinski definition) is 4. The highest BCUT2D eigenvalue weighted by Crippen LogP contribution is 2.23. The predicted molar refractivity (Wildman–Crippen MR) is 68.0 cm³/mol. The molecule has 5 nitrogen and oxygen atoms in total. The molecule has 0 saturated carbocycles. The molecular weight excluding hydrogens is 284 g/mol. The van der Waals surface area contributed by atoms with E-state index >= 15 is 0 Å². The summed E-state index contributed by atoms with van der Waals surface area (Å²) < 4.78 is 8.00. The molecule has 0 saturated heterocycles. The summed E-state index contributed by atoms with van der Waals surface area (Å²) >= 11 is 3.28. The number of aromatic nitrogens is 2. The Morgan fingerprint density at radius 1 is 1.59 bits per heavy atom. The molecule has 0 aliphatic heterocycles. The van der Waals surface area contributed by atoms with E-state index in [4.69, 9.17) is 10.3 Å². The highest BCUT2D eigenvalue weighted by Gasteiger charge is 2.14. The van der Waals surface area contributed by atoms with Gasteiger partial charge in [-0.05, 0) is 46.5 Å². The van der Waals surface area contributed by atoms with Crippen LogP contribution in [0.3, 0.4) is 0 Å². The third kappa shape index (κ3) is 3.18. The Morgan fingerprint density at radius 2 is 2.41 bits per heavy atom. The fraction of sp³-hybridized carbons (Fsp3) is 0.364. The SMILES string of the molecule is Cn1cc(CCC(NN)c2ccc(Br)o2)cn1. The lowest BCUT2D eigenvalue weighted by atomic mass is 10.1. The molecule has 0 spiro atoms. The van der Waals surface area contributed by atoms with Gasteiger partial charge < -0.3 is 4.42 Å². The first-order chi connectivity index (χ1) is 8.19. The van der Waals surface area contributed by atoms with Crippen LogP contribution in [-0.4, -0.2) is 9.78 Å². The van der Waals surface area contributed by atoms with Crippen molar-refractivity contribution in [3.63, 3.8) is 0 Å². The van der Waals surface area contributed by atoms with Gasteiger partial charge in [0.25, 0.3) is 0 Å². The van der Waals surface area contributed by atoms with E-state index in [1.165, 1.54) is 5.56 Å². The maximum atomic E-state index is 5.54. The minimum absolute atomic E-state index is 0.0153. The molecule has 2 rings (SSSR count). The maximum Gasteiger partial charge on any atom is 0.169 e. The number of aryl methyl sites for hydroxylation is 2. The van der Waals surface area contributed by atoms with E-state index < -0.39 is 0 Å². The van der Waals surface area contributed by atoms with Gasteiger partial charge in [0.1, 0.15) is 5.76 Å². The first kappa shape index (κ1) is 12.3. The van der Waals surface area contributed by atoms with E-state index in [9.17, 15) is 0 Å². The number of nitrogens with zero attached hydrogens (tertiary/aromatic N) is 2. The molecule has 2 aromatic heterocycles. The zero-order valence-electron chi connectivity index (χ0n) is 9.56. The largest absolute Gasteiger partial charge is 0.453 e. The molecule has 6 heteroatoms. The van der Waals surface area contributed by atoms with Crippen molar-refractivity contribution in [3.8, 4) is 0 Å². The zero-order chi connectivity index (χ0) is 12.3. The monoisotopic (exact) mass is 298 g/mol. The number of hydrogen-bond donors (Lipinski definition) is 2. The third-order valence-electron chi connectivity index (χ3n) is 2.62. The van der Waals surface area contributed by atoms with E-state index in [0.717, 1.165) is 18.6 Å². The van der Waals surface area contributed by atoms with Gasteiger partial charge in [0.15, 0.2) is 4.67 Å². The van der Waals surface area contributed by atoms with Crippen LogP contribution in [0.4, 0.5) is 0 Å². The van der Waals surface area contributed by atoms with Gasteiger partial charge in [0, 0.05) is 13.2 Å². The molecule has 0 bridgehead atoms. The molecule has 2 heterocycles. The van der Waals surface area contributed by atoms with Crippen LogP contribution >= 0.6 is 15.9 Å². The molecule has 92 valence electrons. The van der Waals surface area contributed by atoms with Gasteiger partial charge in [-0.2, -0.15) is 5.10 Å². The van der Waals surface area contributed by atoms with Gasteiger partial charge in [0.05, 0.1) is 12.2 Å². The molecule has 1 atom stereocenters. The molecule has 17 heavy (non-hydrogen) atoms. The van der Waals surface area contributed by atoms with Crippen molar-refractivity contribution < 1.29 is 4.42 Å². The smallest absolute Gasteiger partial charge is 0.169 e. The number of nitrogens with one attached hydrogen (secondary N) is 1. The van der Waals surface area contributed by atoms with Crippen LogP contribution < -0.4 is 11.3 Å². The zero-order valence-corrected chi connectivity index (χ0v) is 11.1. The lowest BCUT2D eigenvalue weighted by molar-refractivity contribution is 0.391. The van der Waals surface area contributed by atoms with Crippen molar-refractivity contribution in [2.24, 2.45) is 12.9 Å². The Kier molecular flexibility index (Phi) is 3.98. The van der Waals surface area contributed by atoms with Crippen LogP contribution in [0.5, 0.6) is 0 Å². The average Bonchev–Trinajstić information content (AvgIpc) is 2.89. The van der Waals surface area contributed by atoms with Gasteiger partial charge in [-0.3, -0.25) is 10.5 Å². The highest BCUT2D eigenvalue weighted by molar-refractivity contribution is 9.10. The Morgan fingerprint density at radius 3 is 2.94 bits per heavy atom. The summed E-state index contributed by atoms with van der Waals surface area (Å²) in [6.07, 6.45) is 5.64. The van der Waals surface area contributed by atoms with Crippen molar-refractivity contribution in [1.82, 2.24) is 15.2 Å². The predicted octanol–water partition coefficient (Wildman–Crippen LogP) is 1.91. The van der Waals surface area contributed by atoms with Crippen LogP contribution in [-0.2, 0) is 13.5 Å². The van der Waals surface area contributed by atoms with Crippen LogP contribution in [0.1, 0.15) is 23.8 Å². The van der Waals surface area contributed by atoms with Gasteiger partial charge in [0.2, 0.25) is 0 Å². The second-order valence-electron chi connectivity index (χ2n) is 3.92. The summed E-state index contributed by atoms with van der Waals surface area (Å²) in [4.78, 5) is 0. The third-order valence-corrected chi connectivity index (χ3v) is 3.04. The van der Waals surface area contributed by atoms with E-state index in [1.54, 1.807) is 4.68 Å². The van der Waals surface area contributed by atoms with Crippen LogP contribution in [0.2, 0.25) is 0 Å². The van der Waals surface area contributed by atoms with Crippen molar-refractivity contribution in [3.05, 3.63) is 40.5 Å². The van der Waals surface area contributed by atoms with E-state index in [2.05, 4.69) is 26.5 Å². The molecule has 0 amide bonds. The molecule has 0 aliphatic carbocycles. The average molecular weight is 299 g/mol. The van der Waals surface area contributed by atoms with Crippen molar-refractivity contribution in [1.29, 1.82) is 0 Å². The van der Waals surface area contributed by atoms with Crippen LogP contribution in [0.15, 0.2) is 33.6 Å². The fourth-order valence-corrected chi connectivity index (χ4v) is 2.05. The number of rotatable bonds is 5. The van der Waals surface area contributed by atoms with E-state index in [-0.39, 0.29) is 6.04 Å². The van der Waals surface area contributed by atoms with Gasteiger partial charge in [-0.1, -0.05) is 0 Å². The molecule has 1 unspecified atom stereocenters. The van der Waals surface area contributed by atoms with Gasteiger partial charge in [-0.15, -0.1) is 0 Å². The van der Waals surface area contributed by atoms with E-state index in [1.807, 2.05) is 31.6 Å². The Hall–Kier alpha value is -1.11. The van der Waals surface area contributed by atoms with Crippen molar-refractivity contribution in [2.45, 2.75) is 18.9 Å². The lowest BCUT2D eigenvalue weighted by Gasteiger charge is -2.12. The lowest BCUT2D eigenvalue weighted by Crippen LogP contribution is -2.28. The molecular formula is C11H15BrN4O. The summed E-state index contributed by atoms with van der Waals surface area (Å²) in [5.74, 6) is 6.37. The van der Waals surface area contributed by atoms with Crippen LogP contribution in [0.25, 0.3) is 0 Å². The number of halogens is 1. The standard InChI is InChI=1S/C11H15BrN4O/c1-16-7-8(6-14-16)2-3-9(15-13)10-4-5-11(12)17-10/h4-7,9,15H,2-3,13H2,1H3. The number of hydrazine groups is 1. The summed E-state index contributed by atoms with van der Waals surface area (Å²) in [6, 6.07) is 3.79. The minimum atomic E-state index is 0.0153. The Balaban J connectivity index is 1.96. The molecule has 2 aromatic rings.